The maximum Gasteiger partial charge on any atom is 0.415 e. The van der Waals surface area contributed by atoms with E-state index in [2.05, 4.69) is 16.8 Å². The first-order valence-corrected chi connectivity index (χ1v) is 10.3. The standard InChI is InChI=1S/C26H33FN2O3/c1-19-17-22(15-11-12-16-23(18-19)31-8)14-10-9-13-20(2)24(27)28-21(3)29(7)25(30)32-26(4,5)6/h10-12,14,16-18H,15H2,1-8H3/b12-11+,14-10+,19-18?,22-17-,23-16?,24-20+,28-21?. The van der Waals surface area contributed by atoms with Gasteiger partial charge in [0.05, 0.1) is 12.7 Å². The summed E-state index contributed by atoms with van der Waals surface area (Å²) in [4.78, 5) is 17.1. The van der Waals surface area contributed by atoms with Crippen LogP contribution in [0.5, 0.6) is 0 Å². The number of ether oxygens (including phenoxy) is 2. The summed E-state index contributed by atoms with van der Waals surface area (Å²) in [6.07, 6.45) is 13.6. The summed E-state index contributed by atoms with van der Waals surface area (Å²) < 4.78 is 24.9. The molecule has 6 heteroatoms. The van der Waals surface area contributed by atoms with Gasteiger partial charge in [-0.05, 0) is 77.3 Å². The molecule has 0 radical (unpaired) electrons. The van der Waals surface area contributed by atoms with Crippen LogP contribution in [0.2, 0.25) is 0 Å². The van der Waals surface area contributed by atoms with E-state index in [9.17, 15) is 9.18 Å². The predicted octanol–water partition coefficient (Wildman–Crippen LogP) is 6.40. The Kier molecular flexibility index (Phi) is 10.4. The van der Waals surface area contributed by atoms with E-state index in [0.717, 1.165) is 28.2 Å². The topological polar surface area (TPSA) is 51.1 Å². The molecule has 0 aromatic heterocycles. The maximum atomic E-state index is 14.4. The second-order valence-corrected chi connectivity index (χ2v) is 8.23. The summed E-state index contributed by atoms with van der Waals surface area (Å²) in [5, 5.41) is 0. The lowest BCUT2D eigenvalue weighted by atomic mass is 10.1. The molecular formula is C26H33FN2O3. The first kappa shape index (κ1) is 26.7. The minimum absolute atomic E-state index is 0.167. The third-order valence-electron chi connectivity index (χ3n) is 4.13. The number of allylic oxidation sites excluding steroid dienone is 10. The van der Waals surface area contributed by atoms with Crippen LogP contribution >= 0.6 is 0 Å². The first-order valence-electron chi connectivity index (χ1n) is 10.3. The van der Waals surface area contributed by atoms with E-state index in [-0.39, 0.29) is 11.4 Å². The maximum absolute atomic E-state index is 14.4. The summed E-state index contributed by atoms with van der Waals surface area (Å²) in [7, 11) is 3.11. The van der Waals surface area contributed by atoms with Crippen molar-refractivity contribution < 1.29 is 18.7 Å². The largest absolute Gasteiger partial charge is 0.497 e. The first-order chi connectivity index (χ1) is 14.9. The Morgan fingerprint density at radius 1 is 1.28 bits per heavy atom. The number of amides is 1. The van der Waals surface area contributed by atoms with Crippen molar-refractivity contribution in [3.63, 3.8) is 0 Å². The van der Waals surface area contributed by atoms with Gasteiger partial charge < -0.3 is 9.47 Å². The van der Waals surface area contributed by atoms with Gasteiger partial charge in [-0.15, -0.1) is 0 Å². The van der Waals surface area contributed by atoms with Crippen LogP contribution in [0.3, 0.4) is 0 Å². The summed E-state index contributed by atoms with van der Waals surface area (Å²) in [5.41, 5.74) is 1.63. The van der Waals surface area contributed by atoms with Crippen LogP contribution < -0.4 is 0 Å². The number of hydrogen-bond acceptors (Lipinski definition) is 4. The van der Waals surface area contributed by atoms with Gasteiger partial charge in [0.1, 0.15) is 17.2 Å². The summed E-state index contributed by atoms with van der Waals surface area (Å²) in [6.45, 7) is 10.3. The van der Waals surface area contributed by atoms with Crippen LogP contribution in [0, 0.1) is 11.8 Å². The Morgan fingerprint density at radius 3 is 2.59 bits per heavy atom. The van der Waals surface area contributed by atoms with Crippen molar-refractivity contribution in [2.24, 2.45) is 4.99 Å². The molecular weight excluding hydrogens is 407 g/mol. The number of halogens is 1. The molecule has 172 valence electrons. The van der Waals surface area contributed by atoms with Crippen molar-refractivity contribution in [1.82, 2.24) is 4.90 Å². The van der Waals surface area contributed by atoms with E-state index in [1.807, 2.05) is 43.4 Å². The van der Waals surface area contributed by atoms with Crippen LogP contribution in [0.1, 0.15) is 48.0 Å². The van der Waals surface area contributed by atoms with Gasteiger partial charge in [0.25, 0.3) is 0 Å². The van der Waals surface area contributed by atoms with Gasteiger partial charge in [0.15, 0.2) is 0 Å². The number of carbonyl (C=O) groups excluding carboxylic acids is 1. The van der Waals surface area contributed by atoms with E-state index in [0.29, 0.717) is 0 Å². The Morgan fingerprint density at radius 2 is 1.97 bits per heavy atom. The molecule has 0 aromatic carbocycles. The molecule has 0 spiro atoms. The van der Waals surface area contributed by atoms with Crippen molar-refractivity contribution in [1.29, 1.82) is 0 Å². The van der Waals surface area contributed by atoms with Crippen LogP contribution in [0.15, 0.2) is 76.0 Å². The Balaban J connectivity index is 2.91. The molecule has 0 bridgehead atoms. The van der Waals surface area contributed by atoms with Crippen LogP contribution in [-0.2, 0) is 9.47 Å². The number of aliphatic imine (C=N–C) groups is 1. The highest BCUT2D eigenvalue weighted by molar-refractivity contribution is 5.94. The van der Waals surface area contributed by atoms with Gasteiger partial charge in [-0.1, -0.05) is 36.1 Å². The summed E-state index contributed by atoms with van der Waals surface area (Å²) in [6, 6.07) is 0. The van der Waals surface area contributed by atoms with Crippen molar-refractivity contribution in [2.45, 2.75) is 53.6 Å². The molecule has 0 N–H and O–H groups in total. The van der Waals surface area contributed by atoms with Crippen molar-refractivity contribution >= 4 is 11.9 Å². The zero-order valence-corrected chi connectivity index (χ0v) is 20.2. The average molecular weight is 441 g/mol. The van der Waals surface area contributed by atoms with E-state index < -0.39 is 17.6 Å². The number of carbonyl (C=O) groups is 1. The molecule has 32 heavy (non-hydrogen) atoms. The number of nitrogens with zero attached hydrogens (tertiary/aromatic N) is 2. The third kappa shape index (κ3) is 10.1. The molecule has 0 atom stereocenters. The molecule has 0 aliphatic heterocycles. The van der Waals surface area contributed by atoms with Gasteiger partial charge in [-0.3, -0.25) is 4.90 Å². The van der Waals surface area contributed by atoms with E-state index in [4.69, 9.17) is 9.47 Å². The van der Waals surface area contributed by atoms with Crippen LogP contribution in [0.4, 0.5) is 9.18 Å². The molecule has 1 rings (SSSR count). The molecule has 0 unspecified atom stereocenters. The second kappa shape index (κ2) is 12.5. The fourth-order valence-corrected chi connectivity index (χ4v) is 2.39. The monoisotopic (exact) mass is 440 g/mol. The lowest BCUT2D eigenvalue weighted by molar-refractivity contribution is 0.0401. The van der Waals surface area contributed by atoms with Crippen molar-refractivity contribution in [3.05, 3.63) is 71.0 Å². The van der Waals surface area contributed by atoms with Crippen LogP contribution in [-0.4, -0.2) is 36.6 Å². The van der Waals surface area contributed by atoms with E-state index in [1.165, 1.54) is 20.9 Å². The van der Waals surface area contributed by atoms with E-state index >= 15 is 0 Å². The molecule has 0 heterocycles. The smallest absolute Gasteiger partial charge is 0.415 e. The molecule has 0 saturated heterocycles. The average Bonchev–Trinajstić information content (AvgIpc) is 2.78. The van der Waals surface area contributed by atoms with Gasteiger partial charge >= 0.3 is 6.09 Å². The minimum atomic E-state index is -0.750. The van der Waals surface area contributed by atoms with Gasteiger partial charge in [-0.2, -0.15) is 4.39 Å². The lowest BCUT2D eigenvalue weighted by Gasteiger charge is -2.24. The highest BCUT2D eigenvalue weighted by Crippen LogP contribution is 2.15. The van der Waals surface area contributed by atoms with E-state index in [1.54, 1.807) is 34.0 Å². The normalized spacial score (nSPS) is 18.4. The zero-order valence-electron chi connectivity index (χ0n) is 20.2. The second-order valence-electron chi connectivity index (χ2n) is 8.23. The van der Waals surface area contributed by atoms with Gasteiger partial charge in [0, 0.05) is 7.05 Å². The van der Waals surface area contributed by atoms with Gasteiger partial charge in [0.2, 0.25) is 5.95 Å². The summed E-state index contributed by atoms with van der Waals surface area (Å²) >= 11 is 0. The van der Waals surface area contributed by atoms with Crippen molar-refractivity contribution in [3.8, 4) is 11.8 Å². The van der Waals surface area contributed by atoms with Gasteiger partial charge in [-0.25, -0.2) is 9.79 Å². The molecule has 5 nitrogen and oxygen atoms in total. The predicted molar refractivity (Wildman–Crippen MR) is 129 cm³/mol. The Labute approximate surface area is 191 Å². The molecule has 1 amide bonds. The Hall–Kier alpha value is -3.33. The fourth-order valence-electron chi connectivity index (χ4n) is 2.39. The number of amidine groups is 1. The number of hydrogen-bond donors (Lipinski definition) is 0. The number of rotatable bonds is 3. The fraction of sp³-hybridized carbons (Fsp3) is 0.385. The highest BCUT2D eigenvalue weighted by Gasteiger charge is 2.21. The molecule has 1 aliphatic rings. The third-order valence-corrected chi connectivity index (χ3v) is 4.13. The van der Waals surface area contributed by atoms with Crippen LogP contribution in [0.25, 0.3) is 0 Å². The highest BCUT2D eigenvalue weighted by atomic mass is 19.1. The molecule has 0 aromatic rings. The SMILES string of the molecule is COC1=C/C=C/CC(/C=C/C#C/C(C)=C(\F)N=C(C)N(C)C(=O)OC(C)(C)C)=C\C(C)=C1. The number of methoxy groups -OCH3 is 1. The molecule has 0 saturated carbocycles. The lowest BCUT2D eigenvalue weighted by Crippen LogP contribution is -2.37. The minimum Gasteiger partial charge on any atom is -0.497 e. The summed E-state index contributed by atoms with van der Waals surface area (Å²) in [5.74, 6) is 5.77. The Bertz CT molecular complexity index is 975. The molecule has 0 fully saturated rings. The molecule has 1 aliphatic carbocycles. The van der Waals surface area contributed by atoms with Crippen molar-refractivity contribution in [2.75, 3.05) is 14.2 Å². The quantitative estimate of drug-likeness (QED) is 0.221. The zero-order chi connectivity index (χ0) is 24.3.